The summed E-state index contributed by atoms with van der Waals surface area (Å²) in [4.78, 5) is 11.7. The molecule has 0 aromatic heterocycles. The minimum absolute atomic E-state index is 0.00412. The van der Waals surface area contributed by atoms with Crippen molar-refractivity contribution in [3.63, 3.8) is 0 Å². The number of carboxylic acid groups (broad SMARTS) is 1. The highest BCUT2D eigenvalue weighted by atomic mass is 16.4. The standard InChI is InChI=1S/C15H26O2/c1-5-11-9-10-15(7-3,8-4)13(14(16)17)12(11)6-2/h13H,5-10H2,1-4H3,(H,16,17). The molecule has 1 aliphatic rings. The minimum atomic E-state index is -0.615. The second-order valence-electron chi connectivity index (χ2n) is 5.18. The molecular formula is C15H26O2. The zero-order chi connectivity index (χ0) is 13.1. The van der Waals surface area contributed by atoms with Gasteiger partial charge in [-0.05, 0) is 43.9 Å². The molecule has 0 radical (unpaired) electrons. The van der Waals surface area contributed by atoms with Crippen molar-refractivity contribution >= 4 is 5.97 Å². The van der Waals surface area contributed by atoms with Crippen LogP contribution < -0.4 is 0 Å². The maximum atomic E-state index is 11.7. The smallest absolute Gasteiger partial charge is 0.311 e. The second-order valence-corrected chi connectivity index (χ2v) is 5.18. The first kappa shape index (κ1) is 14.3. The molecule has 0 saturated heterocycles. The third-order valence-electron chi connectivity index (χ3n) is 4.80. The van der Waals surface area contributed by atoms with Crippen molar-refractivity contribution in [2.45, 2.75) is 66.2 Å². The van der Waals surface area contributed by atoms with Crippen LogP contribution in [0.1, 0.15) is 66.2 Å². The first-order chi connectivity index (χ1) is 8.06. The van der Waals surface area contributed by atoms with Crippen LogP contribution in [-0.2, 0) is 4.79 Å². The van der Waals surface area contributed by atoms with Crippen LogP contribution in [0.2, 0.25) is 0 Å². The summed E-state index contributed by atoms with van der Waals surface area (Å²) < 4.78 is 0. The number of carboxylic acids is 1. The van der Waals surface area contributed by atoms with E-state index in [1.807, 2.05) is 0 Å². The van der Waals surface area contributed by atoms with Gasteiger partial charge in [-0.1, -0.05) is 38.8 Å². The Labute approximate surface area is 105 Å². The van der Waals surface area contributed by atoms with Gasteiger partial charge >= 0.3 is 5.97 Å². The number of allylic oxidation sites excluding steroid dienone is 1. The van der Waals surface area contributed by atoms with E-state index < -0.39 is 5.97 Å². The van der Waals surface area contributed by atoms with Gasteiger partial charge in [0.2, 0.25) is 0 Å². The van der Waals surface area contributed by atoms with Crippen LogP contribution in [0.15, 0.2) is 11.1 Å². The zero-order valence-electron chi connectivity index (χ0n) is 11.7. The Morgan fingerprint density at radius 2 is 1.82 bits per heavy atom. The summed E-state index contributed by atoms with van der Waals surface area (Å²) in [6, 6.07) is 0. The minimum Gasteiger partial charge on any atom is -0.481 e. The van der Waals surface area contributed by atoms with E-state index in [9.17, 15) is 9.90 Å². The fourth-order valence-electron chi connectivity index (χ4n) is 3.56. The van der Waals surface area contributed by atoms with Crippen molar-refractivity contribution in [1.82, 2.24) is 0 Å². The normalized spacial score (nSPS) is 23.9. The van der Waals surface area contributed by atoms with Gasteiger partial charge < -0.3 is 5.11 Å². The fourth-order valence-corrected chi connectivity index (χ4v) is 3.56. The molecule has 0 heterocycles. The lowest BCUT2D eigenvalue weighted by Crippen LogP contribution is -2.39. The summed E-state index contributed by atoms with van der Waals surface area (Å²) in [5.74, 6) is -0.859. The maximum absolute atomic E-state index is 11.7. The van der Waals surface area contributed by atoms with Crippen LogP contribution in [0.3, 0.4) is 0 Å². The van der Waals surface area contributed by atoms with Gasteiger partial charge in [0, 0.05) is 0 Å². The third kappa shape index (κ3) is 2.41. The van der Waals surface area contributed by atoms with E-state index in [4.69, 9.17) is 0 Å². The van der Waals surface area contributed by atoms with Crippen molar-refractivity contribution in [2.24, 2.45) is 11.3 Å². The Bertz CT molecular complexity index is 311. The molecule has 0 bridgehead atoms. The fraction of sp³-hybridized carbons (Fsp3) is 0.800. The Balaban J connectivity index is 3.25. The molecule has 0 aromatic carbocycles. The maximum Gasteiger partial charge on any atom is 0.311 e. The summed E-state index contributed by atoms with van der Waals surface area (Å²) in [5, 5.41) is 9.62. The molecular weight excluding hydrogens is 212 g/mol. The molecule has 0 aromatic rings. The van der Waals surface area contributed by atoms with Crippen LogP contribution in [0.25, 0.3) is 0 Å². The lowest BCUT2D eigenvalue weighted by atomic mass is 9.60. The number of rotatable bonds is 5. The zero-order valence-corrected chi connectivity index (χ0v) is 11.7. The highest BCUT2D eigenvalue weighted by Gasteiger charge is 2.44. The molecule has 0 saturated carbocycles. The summed E-state index contributed by atoms with van der Waals surface area (Å²) in [6.07, 6.45) is 6.00. The average molecular weight is 238 g/mol. The molecule has 1 rings (SSSR count). The predicted molar refractivity (Wildman–Crippen MR) is 71.0 cm³/mol. The first-order valence-electron chi connectivity index (χ1n) is 6.99. The van der Waals surface area contributed by atoms with Crippen molar-refractivity contribution in [3.05, 3.63) is 11.1 Å². The molecule has 1 atom stereocenters. The topological polar surface area (TPSA) is 37.3 Å². The molecule has 0 amide bonds. The lowest BCUT2D eigenvalue weighted by Gasteiger charge is -2.43. The van der Waals surface area contributed by atoms with Gasteiger partial charge in [0.15, 0.2) is 0 Å². The van der Waals surface area contributed by atoms with Crippen LogP contribution in [0, 0.1) is 11.3 Å². The molecule has 0 spiro atoms. The van der Waals surface area contributed by atoms with Crippen LogP contribution in [-0.4, -0.2) is 11.1 Å². The Morgan fingerprint density at radius 3 is 2.18 bits per heavy atom. The van der Waals surface area contributed by atoms with Gasteiger partial charge in [0.1, 0.15) is 0 Å². The lowest BCUT2D eigenvalue weighted by molar-refractivity contribution is -0.146. The molecule has 2 heteroatoms. The summed E-state index contributed by atoms with van der Waals surface area (Å²) in [6.45, 7) is 8.53. The van der Waals surface area contributed by atoms with Crippen LogP contribution in [0.4, 0.5) is 0 Å². The molecule has 0 aliphatic heterocycles. The second kappa shape index (κ2) is 5.70. The van der Waals surface area contributed by atoms with Crippen molar-refractivity contribution in [2.75, 3.05) is 0 Å². The highest BCUT2D eigenvalue weighted by Crippen LogP contribution is 2.50. The Kier molecular flexibility index (Phi) is 4.79. The Morgan fingerprint density at radius 1 is 1.24 bits per heavy atom. The van der Waals surface area contributed by atoms with Crippen molar-refractivity contribution in [1.29, 1.82) is 0 Å². The molecule has 2 nitrogen and oxygen atoms in total. The van der Waals surface area contributed by atoms with Gasteiger partial charge in [0.05, 0.1) is 5.92 Å². The van der Waals surface area contributed by atoms with Crippen molar-refractivity contribution in [3.8, 4) is 0 Å². The first-order valence-corrected chi connectivity index (χ1v) is 6.99. The number of carbonyl (C=O) groups is 1. The molecule has 1 aliphatic carbocycles. The van der Waals surface area contributed by atoms with Crippen molar-refractivity contribution < 1.29 is 9.90 Å². The summed E-state index contributed by atoms with van der Waals surface area (Å²) in [7, 11) is 0. The van der Waals surface area contributed by atoms with E-state index >= 15 is 0 Å². The average Bonchev–Trinajstić information content (AvgIpc) is 2.36. The van der Waals surface area contributed by atoms with E-state index in [1.165, 1.54) is 11.1 Å². The predicted octanol–water partition coefficient (Wildman–Crippen LogP) is 4.40. The van der Waals surface area contributed by atoms with E-state index in [-0.39, 0.29) is 11.3 Å². The van der Waals surface area contributed by atoms with E-state index in [1.54, 1.807) is 0 Å². The third-order valence-corrected chi connectivity index (χ3v) is 4.80. The number of hydrogen-bond acceptors (Lipinski definition) is 1. The van der Waals surface area contributed by atoms with E-state index in [0.717, 1.165) is 38.5 Å². The Hall–Kier alpha value is -0.790. The van der Waals surface area contributed by atoms with Gasteiger partial charge in [-0.15, -0.1) is 0 Å². The monoisotopic (exact) mass is 238 g/mol. The van der Waals surface area contributed by atoms with E-state index in [0.29, 0.717) is 0 Å². The number of hydrogen-bond donors (Lipinski definition) is 1. The van der Waals surface area contributed by atoms with E-state index in [2.05, 4.69) is 27.7 Å². The number of aliphatic carboxylic acids is 1. The van der Waals surface area contributed by atoms with Crippen LogP contribution >= 0.6 is 0 Å². The largest absolute Gasteiger partial charge is 0.481 e. The quantitative estimate of drug-likeness (QED) is 0.721. The SMILES string of the molecule is CCC1=C(CC)C(C(=O)O)C(CC)(CC)CC1. The summed E-state index contributed by atoms with van der Waals surface area (Å²) >= 11 is 0. The highest BCUT2D eigenvalue weighted by molar-refractivity contribution is 5.75. The molecule has 1 unspecified atom stereocenters. The molecule has 1 N–H and O–H groups in total. The molecule has 0 fully saturated rings. The van der Waals surface area contributed by atoms with Gasteiger partial charge in [-0.3, -0.25) is 4.79 Å². The van der Waals surface area contributed by atoms with Gasteiger partial charge in [-0.2, -0.15) is 0 Å². The molecule has 17 heavy (non-hydrogen) atoms. The summed E-state index contributed by atoms with van der Waals surface area (Å²) in [5.41, 5.74) is 2.61. The van der Waals surface area contributed by atoms with Crippen LogP contribution in [0.5, 0.6) is 0 Å². The van der Waals surface area contributed by atoms with Gasteiger partial charge in [0.25, 0.3) is 0 Å². The molecule has 98 valence electrons. The van der Waals surface area contributed by atoms with Gasteiger partial charge in [-0.25, -0.2) is 0 Å².